The van der Waals surface area contributed by atoms with E-state index in [1.807, 2.05) is 0 Å². The van der Waals surface area contributed by atoms with Crippen LogP contribution in [-0.2, 0) is 23.0 Å². The van der Waals surface area contributed by atoms with Gasteiger partial charge in [0, 0.05) is 11.3 Å². The van der Waals surface area contributed by atoms with E-state index in [-0.39, 0.29) is 17.1 Å². The van der Waals surface area contributed by atoms with Crippen molar-refractivity contribution in [1.82, 2.24) is 0 Å². The maximum Gasteiger partial charge on any atom is 0.193 e. The molecule has 0 N–H and O–H groups in total. The number of fused-ring (bicyclic) bond motifs is 2. The second kappa shape index (κ2) is 8.33. The number of allylic oxidation sites excluding steroid dienone is 1. The minimum Gasteiger partial charge on any atom is -0.478 e. The standard InChI is InChI=1S/C30H30NOPS/c1-21-27(24-16-10-5-11-17-24)33(34)20-30(21,2)26(23-14-8-4-9-15-23)28(33)29-31-25(19-32-29)18-22-12-6-3-7-13-22/h3-17,25-26,28H,18-20H2,1-2H3/t25-,26+,28+,30+,33-/m0/s1. The van der Waals surface area contributed by atoms with Crippen LogP contribution in [-0.4, -0.2) is 30.4 Å². The van der Waals surface area contributed by atoms with Crippen molar-refractivity contribution in [3.05, 3.63) is 113 Å². The molecule has 2 nitrogen and oxygen atoms in total. The number of ether oxygens (including phenoxy) is 1. The lowest BCUT2D eigenvalue weighted by atomic mass is 9.68. The molecule has 4 heteroatoms. The van der Waals surface area contributed by atoms with Gasteiger partial charge in [-0.2, -0.15) is 0 Å². The fourth-order valence-corrected chi connectivity index (χ4v) is 13.6. The van der Waals surface area contributed by atoms with Crippen LogP contribution < -0.4 is 0 Å². The first kappa shape index (κ1) is 22.0. The van der Waals surface area contributed by atoms with Crippen molar-refractivity contribution in [3.63, 3.8) is 0 Å². The van der Waals surface area contributed by atoms with Gasteiger partial charge in [-0.05, 0) is 47.5 Å². The number of aliphatic imine (C=N–C) groups is 1. The molecule has 0 unspecified atom stereocenters. The van der Waals surface area contributed by atoms with Crippen molar-refractivity contribution in [2.45, 2.75) is 37.9 Å². The summed E-state index contributed by atoms with van der Waals surface area (Å²) < 4.78 is 6.44. The monoisotopic (exact) mass is 483 g/mol. The first-order valence-electron chi connectivity index (χ1n) is 12.2. The summed E-state index contributed by atoms with van der Waals surface area (Å²) in [4.78, 5) is 5.22. The molecule has 172 valence electrons. The van der Waals surface area contributed by atoms with Gasteiger partial charge in [0.2, 0.25) is 0 Å². The second-order valence-electron chi connectivity index (χ2n) is 10.2. The van der Waals surface area contributed by atoms with Crippen molar-refractivity contribution >= 4 is 29.1 Å². The van der Waals surface area contributed by atoms with E-state index in [1.165, 1.54) is 27.6 Å². The molecule has 0 aliphatic carbocycles. The van der Waals surface area contributed by atoms with E-state index in [9.17, 15) is 0 Å². The van der Waals surface area contributed by atoms with E-state index in [4.69, 9.17) is 21.5 Å². The summed E-state index contributed by atoms with van der Waals surface area (Å²) in [5.74, 6) is 1.23. The van der Waals surface area contributed by atoms with Gasteiger partial charge in [0.1, 0.15) is 6.61 Å². The van der Waals surface area contributed by atoms with E-state index in [1.54, 1.807) is 0 Å². The summed E-state index contributed by atoms with van der Waals surface area (Å²) in [6.07, 6.45) is 1.97. The molecule has 3 aromatic carbocycles. The van der Waals surface area contributed by atoms with Crippen LogP contribution in [0.1, 0.15) is 36.5 Å². The topological polar surface area (TPSA) is 21.6 Å². The van der Waals surface area contributed by atoms with Gasteiger partial charge >= 0.3 is 0 Å². The third kappa shape index (κ3) is 3.36. The van der Waals surface area contributed by atoms with Crippen molar-refractivity contribution < 1.29 is 4.74 Å². The molecule has 0 saturated carbocycles. The van der Waals surface area contributed by atoms with Crippen LogP contribution in [0.25, 0.3) is 5.31 Å². The summed E-state index contributed by atoms with van der Waals surface area (Å²) in [6.45, 7) is 5.42. The van der Waals surface area contributed by atoms with Crippen molar-refractivity contribution in [1.29, 1.82) is 0 Å². The molecule has 6 rings (SSSR count). The number of rotatable bonds is 5. The Balaban J connectivity index is 1.46. The fraction of sp³-hybridized carbons (Fsp3) is 0.300. The summed E-state index contributed by atoms with van der Waals surface area (Å²) >= 11 is 6.76. The zero-order valence-electron chi connectivity index (χ0n) is 19.7. The molecule has 3 heterocycles. The fourth-order valence-electron chi connectivity index (χ4n) is 6.55. The quantitative estimate of drug-likeness (QED) is 0.360. The largest absolute Gasteiger partial charge is 0.478 e. The van der Waals surface area contributed by atoms with Crippen molar-refractivity contribution in [2.24, 2.45) is 10.4 Å². The van der Waals surface area contributed by atoms with Crippen LogP contribution in [0, 0.1) is 5.41 Å². The Bertz CT molecular complexity index is 1320. The Labute approximate surface area is 207 Å². The van der Waals surface area contributed by atoms with E-state index < -0.39 is 6.04 Å². The van der Waals surface area contributed by atoms with Crippen LogP contribution >= 0.6 is 6.04 Å². The number of hydrogen-bond donors (Lipinski definition) is 0. The predicted octanol–water partition coefficient (Wildman–Crippen LogP) is 7.12. The van der Waals surface area contributed by atoms with Crippen molar-refractivity contribution in [2.75, 3.05) is 12.8 Å². The van der Waals surface area contributed by atoms with Gasteiger partial charge in [-0.15, -0.1) is 0 Å². The highest BCUT2D eigenvalue weighted by Gasteiger charge is 2.64. The van der Waals surface area contributed by atoms with Crippen LogP contribution in [0.15, 0.2) is 102 Å². The summed E-state index contributed by atoms with van der Waals surface area (Å²) in [7, 11) is 0. The Morgan fingerprint density at radius 3 is 2.24 bits per heavy atom. The molecule has 3 aromatic rings. The number of benzene rings is 3. The van der Waals surface area contributed by atoms with Crippen LogP contribution in [0.2, 0.25) is 0 Å². The smallest absolute Gasteiger partial charge is 0.193 e. The lowest BCUT2D eigenvalue weighted by Crippen LogP contribution is -2.35. The van der Waals surface area contributed by atoms with Gasteiger partial charge in [0.05, 0.1) is 11.7 Å². The summed E-state index contributed by atoms with van der Waals surface area (Å²) in [6, 6.07) is 30.6. The van der Waals surface area contributed by atoms with Gasteiger partial charge in [-0.1, -0.05) is 115 Å². The minimum atomic E-state index is -1.96. The molecule has 0 amide bonds. The van der Waals surface area contributed by atoms with Gasteiger partial charge in [0.15, 0.2) is 5.90 Å². The van der Waals surface area contributed by atoms with E-state index in [2.05, 4.69) is 105 Å². The van der Waals surface area contributed by atoms with Gasteiger partial charge in [-0.3, -0.25) is 0 Å². The molecule has 0 aromatic heterocycles. The van der Waals surface area contributed by atoms with Crippen LogP contribution in [0.3, 0.4) is 0 Å². The molecule has 3 aliphatic heterocycles. The first-order chi connectivity index (χ1) is 16.5. The predicted molar refractivity (Wildman–Crippen MR) is 147 cm³/mol. The number of nitrogens with zero attached hydrogens (tertiary/aromatic N) is 1. The number of hydrogen-bond acceptors (Lipinski definition) is 3. The second-order valence-corrected chi connectivity index (χ2v) is 15.0. The van der Waals surface area contributed by atoms with Crippen molar-refractivity contribution in [3.8, 4) is 0 Å². The lowest BCUT2D eigenvalue weighted by molar-refractivity contribution is 0.298. The zero-order valence-corrected chi connectivity index (χ0v) is 21.4. The molecule has 1 saturated heterocycles. The van der Waals surface area contributed by atoms with Gasteiger partial charge in [-0.25, -0.2) is 4.99 Å². The molecule has 34 heavy (non-hydrogen) atoms. The SMILES string of the molecule is CC1=C(c2ccccc2)[P@@]2(=S)C[C@@]1(C)[C@H](c1ccccc1)[C@@H]2C1=N[C@@H](Cc2ccccc2)CO1. The van der Waals surface area contributed by atoms with E-state index in [0.717, 1.165) is 18.5 Å². The molecule has 0 radical (unpaired) electrons. The highest BCUT2D eigenvalue weighted by atomic mass is 32.4. The Hall–Kier alpha value is -2.48. The maximum absolute atomic E-state index is 6.76. The van der Waals surface area contributed by atoms with Gasteiger partial charge < -0.3 is 4.74 Å². The molecule has 3 aliphatic rings. The lowest BCUT2D eigenvalue weighted by Gasteiger charge is -2.39. The average molecular weight is 484 g/mol. The molecular weight excluding hydrogens is 453 g/mol. The third-order valence-electron chi connectivity index (χ3n) is 8.11. The van der Waals surface area contributed by atoms with Gasteiger partial charge in [0.25, 0.3) is 0 Å². The summed E-state index contributed by atoms with van der Waals surface area (Å²) in [5, 5.41) is 1.43. The zero-order chi connectivity index (χ0) is 23.3. The molecule has 2 bridgehead atoms. The molecule has 5 atom stereocenters. The van der Waals surface area contributed by atoms with Crippen LogP contribution in [0.5, 0.6) is 0 Å². The third-order valence-corrected chi connectivity index (χ3v) is 13.6. The maximum atomic E-state index is 6.76. The average Bonchev–Trinajstić information content (AvgIpc) is 3.46. The van der Waals surface area contributed by atoms with E-state index in [0.29, 0.717) is 12.5 Å². The minimum absolute atomic E-state index is 0.0239. The molecular formula is C30H30NOPS. The Morgan fingerprint density at radius 2 is 1.56 bits per heavy atom. The summed E-state index contributed by atoms with van der Waals surface area (Å²) in [5.41, 5.74) is 5.63. The highest BCUT2D eigenvalue weighted by molar-refractivity contribution is 8.20. The Kier molecular flexibility index (Phi) is 5.39. The molecule has 1 fully saturated rings. The Morgan fingerprint density at radius 1 is 0.941 bits per heavy atom. The molecule has 0 spiro atoms. The first-order valence-corrected chi connectivity index (χ1v) is 15.2. The van der Waals surface area contributed by atoms with E-state index >= 15 is 0 Å². The van der Waals surface area contributed by atoms with Crippen LogP contribution in [0.4, 0.5) is 0 Å². The normalized spacial score (nSPS) is 32.1. The highest BCUT2D eigenvalue weighted by Crippen LogP contribution is 2.83.